The van der Waals surface area contributed by atoms with Crippen molar-refractivity contribution in [3.8, 4) is 0 Å². The van der Waals surface area contributed by atoms with Crippen molar-refractivity contribution in [3.63, 3.8) is 0 Å². The maximum atomic E-state index is 2.20. The summed E-state index contributed by atoms with van der Waals surface area (Å²) in [5.41, 5.74) is 2.83. The van der Waals surface area contributed by atoms with Crippen molar-refractivity contribution in [2.75, 3.05) is 0 Å². The zero-order valence-electron chi connectivity index (χ0n) is 13.9. The molecular weight excluding hydrogens is 264 g/mol. The summed E-state index contributed by atoms with van der Waals surface area (Å²) in [6, 6.07) is 21.0. The van der Waals surface area contributed by atoms with E-state index in [1.54, 1.807) is 0 Å². The van der Waals surface area contributed by atoms with Gasteiger partial charge in [0.25, 0.3) is 0 Å². The minimum atomic E-state index is 0. The van der Waals surface area contributed by atoms with Crippen molar-refractivity contribution in [3.05, 3.63) is 71.8 Å². The molecule has 2 aromatic carbocycles. The Morgan fingerprint density at radius 3 is 0.864 bits per heavy atom. The highest BCUT2D eigenvalue weighted by Crippen LogP contribution is 2.12. The lowest BCUT2D eigenvalue weighted by atomic mass is 10.0. The molecule has 0 aliphatic rings. The lowest BCUT2D eigenvalue weighted by Gasteiger charge is -2.01. The first-order valence-corrected chi connectivity index (χ1v) is 7.71. The molecule has 0 saturated carbocycles. The van der Waals surface area contributed by atoms with Crippen LogP contribution in [-0.4, -0.2) is 0 Å². The van der Waals surface area contributed by atoms with E-state index < -0.39 is 0 Å². The summed E-state index contributed by atoms with van der Waals surface area (Å²) >= 11 is 0. The fourth-order valence-corrected chi connectivity index (χ4v) is 1.68. The third kappa shape index (κ3) is 11.1. The van der Waals surface area contributed by atoms with Gasteiger partial charge in [-0.25, -0.2) is 0 Å². The van der Waals surface area contributed by atoms with Crippen LogP contribution in [0.15, 0.2) is 60.7 Å². The van der Waals surface area contributed by atoms with Gasteiger partial charge in [0, 0.05) is 0 Å². The van der Waals surface area contributed by atoms with E-state index in [4.69, 9.17) is 0 Å². The first kappa shape index (κ1) is 25.4. The summed E-state index contributed by atoms with van der Waals surface area (Å²) < 4.78 is 0. The molecule has 0 heterocycles. The van der Waals surface area contributed by atoms with Crippen LogP contribution in [0.4, 0.5) is 0 Å². The molecule has 0 aliphatic carbocycles. The van der Waals surface area contributed by atoms with E-state index in [1.165, 1.54) is 11.1 Å². The fraction of sp³-hybridized carbons (Fsp3) is 0.455. The van der Waals surface area contributed by atoms with Crippen molar-refractivity contribution >= 4 is 0 Å². The quantitative estimate of drug-likeness (QED) is 0.528. The first-order chi connectivity index (χ1) is 9.61. The second-order valence-electron chi connectivity index (χ2n) is 5.13. The largest absolute Gasteiger partial charge is 0.0776 e. The average molecular weight is 303 g/mol. The van der Waals surface area contributed by atoms with Crippen molar-refractivity contribution in [1.29, 1.82) is 0 Å². The van der Waals surface area contributed by atoms with E-state index >= 15 is 0 Å². The summed E-state index contributed by atoms with van der Waals surface area (Å²) in [6.45, 7) is 12.8. The van der Waals surface area contributed by atoms with Crippen LogP contribution >= 0.6 is 0 Å². The smallest absolute Gasteiger partial charge is 0.0219 e. The molecule has 0 heteroatoms. The van der Waals surface area contributed by atoms with Gasteiger partial charge in [-0.1, -0.05) is 117 Å². The summed E-state index contributed by atoms with van der Waals surface area (Å²) in [5, 5.41) is 0. The van der Waals surface area contributed by atoms with Crippen LogP contribution in [0.1, 0.15) is 79.4 Å². The molecule has 0 bridgehead atoms. The molecule has 2 aromatic rings. The molecule has 2 rings (SSSR count). The molecule has 0 spiro atoms. The molecular formula is C22H38. The third-order valence-electron chi connectivity index (χ3n) is 2.93. The summed E-state index contributed by atoms with van der Waals surface area (Å²) in [6.07, 6.45) is 0. The third-order valence-corrected chi connectivity index (χ3v) is 2.93. The Hall–Kier alpha value is -1.56. The molecule has 0 aromatic heterocycles. The summed E-state index contributed by atoms with van der Waals surface area (Å²) in [4.78, 5) is 0. The molecule has 0 fully saturated rings. The minimum Gasteiger partial charge on any atom is -0.0776 e. The Kier molecular flexibility index (Phi) is 18.3. The minimum absolute atomic E-state index is 0. The van der Waals surface area contributed by atoms with Gasteiger partial charge in [0.15, 0.2) is 0 Å². The summed E-state index contributed by atoms with van der Waals surface area (Å²) in [5.74, 6) is 1.32. The van der Waals surface area contributed by atoms with E-state index in [1.807, 2.05) is 26.0 Å². The zero-order chi connectivity index (χ0) is 15.4. The van der Waals surface area contributed by atoms with Crippen LogP contribution in [-0.2, 0) is 0 Å². The highest BCUT2D eigenvalue weighted by atomic mass is 14.0. The lowest BCUT2D eigenvalue weighted by Crippen LogP contribution is -1.83. The van der Waals surface area contributed by atoms with Gasteiger partial charge in [-0.3, -0.25) is 0 Å². The first-order valence-electron chi connectivity index (χ1n) is 7.71. The van der Waals surface area contributed by atoms with Gasteiger partial charge in [-0.15, -0.1) is 0 Å². The predicted octanol–water partition coefficient (Wildman–Crippen LogP) is 7.92. The number of hydrogen-bond acceptors (Lipinski definition) is 0. The Morgan fingerprint density at radius 1 is 0.500 bits per heavy atom. The highest BCUT2D eigenvalue weighted by molar-refractivity contribution is 5.18. The summed E-state index contributed by atoms with van der Waals surface area (Å²) in [7, 11) is 0. The van der Waals surface area contributed by atoms with Gasteiger partial charge in [0.2, 0.25) is 0 Å². The molecule has 0 saturated heterocycles. The van der Waals surface area contributed by atoms with Gasteiger partial charge in [-0.05, 0) is 23.0 Å². The Bertz CT molecular complexity index is 369. The standard InChI is InChI=1S/2C9H12.C2H6.2CH4/c2*1-8(2)9-6-4-3-5-7-9;1-2;;/h2*3-8H,1-2H3;1-2H3;2*1H4. The monoisotopic (exact) mass is 302 g/mol. The van der Waals surface area contributed by atoms with Crippen LogP contribution in [0.3, 0.4) is 0 Å². The molecule has 0 aliphatic heterocycles. The molecule has 22 heavy (non-hydrogen) atoms. The van der Waals surface area contributed by atoms with Gasteiger partial charge < -0.3 is 0 Å². The molecule has 126 valence electrons. The Balaban J connectivity index is -0.000000273. The molecule has 0 N–H and O–H groups in total. The molecule has 0 radical (unpaired) electrons. The SMILES string of the molecule is C.C.CC.CC(C)c1ccccc1.CC(C)c1ccccc1. The van der Waals surface area contributed by atoms with Crippen molar-refractivity contribution < 1.29 is 0 Å². The maximum absolute atomic E-state index is 2.20. The van der Waals surface area contributed by atoms with E-state index in [2.05, 4.69) is 76.2 Å². The van der Waals surface area contributed by atoms with Crippen LogP contribution < -0.4 is 0 Å². The van der Waals surface area contributed by atoms with Gasteiger partial charge in [-0.2, -0.15) is 0 Å². The highest BCUT2D eigenvalue weighted by Gasteiger charge is 1.94. The topological polar surface area (TPSA) is 0 Å². The number of rotatable bonds is 2. The number of benzene rings is 2. The van der Waals surface area contributed by atoms with Gasteiger partial charge in [0.1, 0.15) is 0 Å². The Morgan fingerprint density at radius 2 is 0.727 bits per heavy atom. The molecule has 0 amide bonds. The van der Waals surface area contributed by atoms with Crippen LogP contribution in [0.5, 0.6) is 0 Å². The molecule has 0 unspecified atom stereocenters. The van der Waals surface area contributed by atoms with Crippen molar-refractivity contribution in [2.24, 2.45) is 0 Å². The van der Waals surface area contributed by atoms with Crippen LogP contribution in [0, 0.1) is 0 Å². The van der Waals surface area contributed by atoms with Gasteiger partial charge in [0.05, 0.1) is 0 Å². The second-order valence-corrected chi connectivity index (χ2v) is 5.13. The predicted molar refractivity (Wildman–Crippen MR) is 106 cm³/mol. The van der Waals surface area contributed by atoms with Gasteiger partial charge >= 0.3 is 0 Å². The average Bonchev–Trinajstić information content (AvgIpc) is 2.51. The van der Waals surface area contributed by atoms with Crippen LogP contribution in [0.25, 0.3) is 0 Å². The molecule has 0 nitrogen and oxygen atoms in total. The zero-order valence-corrected chi connectivity index (χ0v) is 13.9. The van der Waals surface area contributed by atoms with Crippen molar-refractivity contribution in [2.45, 2.75) is 68.2 Å². The van der Waals surface area contributed by atoms with E-state index in [9.17, 15) is 0 Å². The number of hydrogen-bond donors (Lipinski definition) is 0. The van der Waals surface area contributed by atoms with E-state index in [-0.39, 0.29) is 14.9 Å². The molecule has 0 atom stereocenters. The fourth-order valence-electron chi connectivity index (χ4n) is 1.68. The second kappa shape index (κ2) is 15.8. The van der Waals surface area contributed by atoms with E-state index in [0.717, 1.165) is 0 Å². The normalized spacial score (nSPS) is 8.55. The van der Waals surface area contributed by atoms with E-state index in [0.29, 0.717) is 11.8 Å². The van der Waals surface area contributed by atoms with Crippen molar-refractivity contribution in [1.82, 2.24) is 0 Å². The maximum Gasteiger partial charge on any atom is -0.0219 e. The lowest BCUT2D eigenvalue weighted by molar-refractivity contribution is 0.867. The Labute approximate surface area is 140 Å². The van der Waals surface area contributed by atoms with Crippen LogP contribution in [0.2, 0.25) is 0 Å².